The van der Waals surface area contributed by atoms with Crippen LogP contribution in [0.1, 0.15) is 62.8 Å². The van der Waals surface area contributed by atoms with Gasteiger partial charge in [0.05, 0.1) is 0 Å². The van der Waals surface area contributed by atoms with Gasteiger partial charge in [-0.3, -0.25) is 4.79 Å². The van der Waals surface area contributed by atoms with Crippen LogP contribution in [0.3, 0.4) is 0 Å². The monoisotopic (exact) mass is 306 g/mol. The van der Waals surface area contributed by atoms with E-state index in [0.717, 1.165) is 51.1 Å². The van der Waals surface area contributed by atoms with Crippen molar-refractivity contribution in [3.05, 3.63) is 17.6 Å². The van der Waals surface area contributed by atoms with Crippen molar-refractivity contribution >= 4 is 11.7 Å². The number of rotatable bonds is 9. The number of aromatic nitrogens is 2. The molecule has 0 saturated carbocycles. The number of anilines is 1. The van der Waals surface area contributed by atoms with Crippen LogP contribution in [-0.2, 0) is 0 Å². The number of carbonyl (C=O) groups is 1. The van der Waals surface area contributed by atoms with E-state index in [0.29, 0.717) is 11.5 Å². The third-order valence-electron chi connectivity index (χ3n) is 3.56. The molecule has 5 nitrogen and oxygen atoms in total. The molecule has 124 valence electrons. The van der Waals surface area contributed by atoms with Crippen LogP contribution in [0.2, 0.25) is 0 Å². The summed E-state index contributed by atoms with van der Waals surface area (Å²) in [7, 11) is 2.02. The Labute approximate surface area is 134 Å². The molecule has 22 heavy (non-hydrogen) atoms. The Morgan fingerprint density at radius 3 is 2.23 bits per heavy atom. The topological polar surface area (TPSA) is 49.3 Å². The Morgan fingerprint density at radius 1 is 1.05 bits per heavy atom. The minimum Gasteiger partial charge on any atom is -0.360 e. The first-order valence-corrected chi connectivity index (χ1v) is 8.39. The quantitative estimate of drug-likeness (QED) is 0.702. The maximum absolute atomic E-state index is 12.7. The lowest BCUT2D eigenvalue weighted by molar-refractivity contribution is 0.0749. The van der Waals surface area contributed by atoms with E-state index in [2.05, 4.69) is 35.6 Å². The highest BCUT2D eigenvalue weighted by Crippen LogP contribution is 2.14. The Morgan fingerprint density at radius 2 is 1.68 bits per heavy atom. The lowest BCUT2D eigenvalue weighted by atomic mass is 10.2. The van der Waals surface area contributed by atoms with Crippen LogP contribution < -0.4 is 4.90 Å². The van der Waals surface area contributed by atoms with Crippen LogP contribution in [-0.4, -0.2) is 47.5 Å². The molecule has 1 amide bonds. The summed E-state index contributed by atoms with van der Waals surface area (Å²) in [5, 5.41) is 0. The molecule has 0 spiro atoms. The molecule has 0 atom stereocenters. The molecular weight excluding hydrogens is 276 g/mol. The highest BCUT2D eigenvalue weighted by molar-refractivity contribution is 5.93. The Balaban J connectivity index is 2.98. The van der Waals surface area contributed by atoms with Crippen molar-refractivity contribution in [3.8, 4) is 0 Å². The summed E-state index contributed by atoms with van der Waals surface area (Å²) in [4.78, 5) is 25.5. The number of hydrogen-bond acceptors (Lipinski definition) is 4. The number of hydrogen-bond donors (Lipinski definition) is 0. The fourth-order valence-corrected chi connectivity index (χ4v) is 2.38. The van der Waals surface area contributed by atoms with Gasteiger partial charge in [0.1, 0.15) is 17.3 Å². The first-order chi connectivity index (χ1) is 10.5. The van der Waals surface area contributed by atoms with Crippen molar-refractivity contribution in [3.63, 3.8) is 0 Å². The van der Waals surface area contributed by atoms with Crippen molar-refractivity contribution in [2.75, 3.05) is 31.6 Å². The maximum Gasteiger partial charge on any atom is 0.272 e. The van der Waals surface area contributed by atoms with Crippen LogP contribution in [0.4, 0.5) is 5.82 Å². The normalized spacial score (nSPS) is 10.6. The third-order valence-corrected chi connectivity index (χ3v) is 3.56. The summed E-state index contributed by atoms with van der Waals surface area (Å²) in [5.41, 5.74) is 0.507. The lowest BCUT2D eigenvalue weighted by Crippen LogP contribution is -2.33. The molecule has 0 aliphatic carbocycles. The average Bonchev–Trinajstić information content (AvgIpc) is 2.51. The molecule has 0 unspecified atom stereocenters. The number of amides is 1. The molecule has 0 aliphatic rings. The first kappa shape index (κ1) is 18.4. The molecule has 0 radical (unpaired) electrons. The van der Waals surface area contributed by atoms with Crippen LogP contribution >= 0.6 is 0 Å². The van der Waals surface area contributed by atoms with Crippen molar-refractivity contribution in [1.29, 1.82) is 0 Å². The van der Waals surface area contributed by atoms with Crippen molar-refractivity contribution in [2.24, 2.45) is 0 Å². The summed E-state index contributed by atoms with van der Waals surface area (Å²) in [6.45, 7) is 10.7. The first-order valence-electron chi connectivity index (χ1n) is 8.39. The number of unbranched alkanes of at least 4 members (excludes halogenated alkanes) is 1. The van der Waals surface area contributed by atoms with Crippen LogP contribution in [0.15, 0.2) is 6.07 Å². The zero-order chi connectivity index (χ0) is 16.5. The molecule has 0 fully saturated rings. The second-order valence-corrected chi connectivity index (χ2v) is 5.73. The maximum atomic E-state index is 12.7. The molecule has 1 aromatic rings. The molecule has 0 aromatic carbocycles. The van der Waals surface area contributed by atoms with Crippen molar-refractivity contribution in [2.45, 2.75) is 53.4 Å². The summed E-state index contributed by atoms with van der Waals surface area (Å²) in [6, 6.07) is 1.82. The van der Waals surface area contributed by atoms with Gasteiger partial charge in [0.15, 0.2) is 0 Å². The molecule has 0 saturated heterocycles. The Bertz CT molecular complexity index is 470. The predicted molar refractivity (Wildman–Crippen MR) is 91.4 cm³/mol. The second-order valence-electron chi connectivity index (χ2n) is 5.73. The van der Waals surface area contributed by atoms with Gasteiger partial charge in [0.25, 0.3) is 5.91 Å². The van der Waals surface area contributed by atoms with Gasteiger partial charge in [-0.15, -0.1) is 0 Å². The largest absolute Gasteiger partial charge is 0.360 e. The molecule has 0 N–H and O–H groups in total. The van der Waals surface area contributed by atoms with Gasteiger partial charge in [-0.25, -0.2) is 9.97 Å². The molecule has 0 bridgehead atoms. The van der Waals surface area contributed by atoms with Gasteiger partial charge in [0, 0.05) is 32.7 Å². The highest BCUT2D eigenvalue weighted by atomic mass is 16.2. The fraction of sp³-hybridized carbons (Fsp3) is 0.706. The van der Waals surface area contributed by atoms with Gasteiger partial charge in [-0.05, 0) is 26.2 Å². The van der Waals surface area contributed by atoms with E-state index in [1.807, 2.05) is 24.9 Å². The molecular formula is C17H30N4O. The minimum absolute atomic E-state index is 0.0133. The Kier molecular flexibility index (Phi) is 7.85. The predicted octanol–water partition coefficient (Wildman–Crippen LogP) is 3.28. The zero-order valence-electron chi connectivity index (χ0n) is 14.7. The van der Waals surface area contributed by atoms with E-state index >= 15 is 0 Å². The molecule has 1 heterocycles. The zero-order valence-corrected chi connectivity index (χ0v) is 14.7. The van der Waals surface area contributed by atoms with E-state index in [-0.39, 0.29) is 5.91 Å². The van der Waals surface area contributed by atoms with E-state index < -0.39 is 0 Å². The smallest absolute Gasteiger partial charge is 0.272 e. The van der Waals surface area contributed by atoms with E-state index in [1.54, 1.807) is 0 Å². The molecule has 1 aromatic heterocycles. The Hall–Kier alpha value is -1.65. The molecule has 1 rings (SSSR count). The van der Waals surface area contributed by atoms with Crippen LogP contribution in [0.5, 0.6) is 0 Å². The third kappa shape index (κ3) is 5.28. The van der Waals surface area contributed by atoms with E-state index in [9.17, 15) is 4.79 Å². The number of nitrogens with zero attached hydrogens (tertiary/aromatic N) is 4. The van der Waals surface area contributed by atoms with Gasteiger partial charge in [-0.1, -0.05) is 27.2 Å². The molecule has 0 aliphatic heterocycles. The van der Waals surface area contributed by atoms with E-state index in [4.69, 9.17) is 0 Å². The highest BCUT2D eigenvalue weighted by Gasteiger charge is 2.18. The lowest BCUT2D eigenvalue weighted by Gasteiger charge is -2.23. The summed E-state index contributed by atoms with van der Waals surface area (Å²) < 4.78 is 0. The summed E-state index contributed by atoms with van der Waals surface area (Å²) >= 11 is 0. The van der Waals surface area contributed by atoms with Gasteiger partial charge >= 0.3 is 0 Å². The van der Waals surface area contributed by atoms with Crippen molar-refractivity contribution < 1.29 is 4.79 Å². The van der Waals surface area contributed by atoms with Crippen LogP contribution in [0.25, 0.3) is 0 Å². The van der Waals surface area contributed by atoms with Crippen molar-refractivity contribution in [1.82, 2.24) is 14.9 Å². The van der Waals surface area contributed by atoms with E-state index in [1.165, 1.54) is 0 Å². The average molecular weight is 306 g/mol. The standard InChI is InChI=1S/C17H30N4O/c1-6-9-12-20(5)16-13-15(18-14(4)19-16)17(22)21(10-7-2)11-8-3/h13H,6-12H2,1-5H3. The summed E-state index contributed by atoms with van der Waals surface area (Å²) in [6.07, 6.45) is 4.17. The number of carbonyl (C=O) groups excluding carboxylic acids is 1. The van der Waals surface area contributed by atoms with Gasteiger partial charge < -0.3 is 9.80 Å². The SMILES string of the molecule is CCCCN(C)c1cc(C(=O)N(CCC)CCC)nc(C)n1. The minimum atomic E-state index is 0.0133. The fourth-order valence-electron chi connectivity index (χ4n) is 2.38. The summed E-state index contributed by atoms with van der Waals surface area (Å²) in [5.74, 6) is 1.49. The second kappa shape index (κ2) is 9.38. The van der Waals surface area contributed by atoms with Crippen LogP contribution in [0, 0.1) is 6.92 Å². The van der Waals surface area contributed by atoms with Gasteiger partial charge in [-0.2, -0.15) is 0 Å². The van der Waals surface area contributed by atoms with Gasteiger partial charge in [0.2, 0.25) is 0 Å². The number of aryl methyl sites for hydroxylation is 1. The molecule has 5 heteroatoms.